The van der Waals surface area contributed by atoms with E-state index in [1.54, 1.807) is 6.21 Å². The van der Waals surface area contributed by atoms with Crippen molar-refractivity contribution in [3.05, 3.63) is 40.8 Å². The van der Waals surface area contributed by atoms with Gasteiger partial charge in [0, 0.05) is 6.08 Å². The normalized spacial score (nSPS) is 18.4. The maximum atomic E-state index is 11.7. The highest BCUT2D eigenvalue weighted by Gasteiger charge is 2.25. The molecule has 6 nitrogen and oxygen atoms in total. The van der Waals surface area contributed by atoms with E-state index in [4.69, 9.17) is 0 Å². The van der Waals surface area contributed by atoms with Crippen molar-refractivity contribution < 1.29 is 14.3 Å². The zero-order valence-corrected chi connectivity index (χ0v) is 15.8. The Morgan fingerprint density at radius 3 is 2.50 bits per heavy atom. The molecule has 0 radical (unpaired) electrons. The molecule has 0 bridgehead atoms. The summed E-state index contributed by atoms with van der Waals surface area (Å²) in [4.78, 5) is 23.1. The van der Waals surface area contributed by atoms with Gasteiger partial charge in [0.2, 0.25) is 0 Å². The first-order valence-corrected chi connectivity index (χ1v) is 11.6. The molecule has 0 unspecified atom stereocenters. The second-order valence-electron chi connectivity index (χ2n) is 6.11. The van der Waals surface area contributed by atoms with Gasteiger partial charge < -0.3 is 4.74 Å². The second kappa shape index (κ2) is 7.58. The quantitative estimate of drug-likeness (QED) is 0.292. The highest BCUT2D eigenvalue weighted by atomic mass is 32.2. The first-order chi connectivity index (χ1) is 11.3. The first-order valence-electron chi connectivity index (χ1n) is 7.30. The molecule has 0 aliphatic carbocycles. The molecule has 126 valence electrons. The maximum Gasteiger partial charge on any atom is 0.331 e. The Hall–Kier alpha value is -2.19. The number of rotatable bonds is 4. The van der Waals surface area contributed by atoms with Crippen LogP contribution < -0.4 is 10.5 Å². The zero-order chi connectivity index (χ0) is 17.7. The lowest BCUT2D eigenvalue weighted by atomic mass is 10.2. The first kappa shape index (κ1) is 18.1. The molecule has 1 N–H and O–H groups in total. The van der Waals surface area contributed by atoms with E-state index in [1.165, 1.54) is 12.3 Å². The van der Waals surface area contributed by atoms with Crippen LogP contribution in [0.3, 0.4) is 0 Å². The Labute approximate surface area is 146 Å². The van der Waals surface area contributed by atoms with E-state index in [0.29, 0.717) is 5.17 Å². The predicted octanol–water partition coefficient (Wildman–Crippen LogP) is 1.84. The number of nitrogens with one attached hydrogen (secondary N) is 1. The van der Waals surface area contributed by atoms with E-state index in [2.05, 4.69) is 52.0 Å². The van der Waals surface area contributed by atoms with Crippen molar-refractivity contribution in [2.24, 2.45) is 10.2 Å². The van der Waals surface area contributed by atoms with E-state index in [9.17, 15) is 9.59 Å². The molecule has 1 aromatic rings. The monoisotopic (exact) mass is 361 g/mol. The van der Waals surface area contributed by atoms with Crippen LogP contribution in [-0.2, 0) is 14.3 Å². The fourth-order valence-corrected chi connectivity index (χ4v) is 3.76. The molecule has 1 heterocycles. The zero-order valence-electron chi connectivity index (χ0n) is 14.0. The van der Waals surface area contributed by atoms with E-state index in [1.807, 2.05) is 12.1 Å². The van der Waals surface area contributed by atoms with Gasteiger partial charge in [0.05, 0.1) is 26.3 Å². The van der Waals surface area contributed by atoms with Gasteiger partial charge in [0.1, 0.15) is 0 Å². The van der Waals surface area contributed by atoms with E-state index in [-0.39, 0.29) is 10.8 Å². The number of amidine groups is 1. The van der Waals surface area contributed by atoms with Crippen molar-refractivity contribution in [3.63, 3.8) is 0 Å². The van der Waals surface area contributed by atoms with Crippen LogP contribution in [0.15, 0.2) is 45.4 Å². The number of carbonyl (C=O) groups excluding carboxylic acids is 2. The molecular formula is C16H19N3O3SSi. The summed E-state index contributed by atoms with van der Waals surface area (Å²) in [5.74, 6) is -0.973. The van der Waals surface area contributed by atoms with Gasteiger partial charge >= 0.3 is 5.97 Å². The molecule has 8 heteroatoms. The lowest BCUT2D eigenvalue weighted by molar-refractivity contribution is -0.135. The van der Waals surface area contributed by atoms with Crippen molar-refractivity contribution in [2.45, 2.75) is 19.6 Å². The minimum Gasteiger partial charge on any atom is -0.466 e. The number of hydrogen-bond donors (Lipinski definition) is 1. The molecule has 1 aliphatic heterocycles. The lowest BCUT2D eigenvalue weighted by Gasteiger charge is -2.16. The van der Waals surface area contributed by atoms with Crippen LogP contribution in [0.25, 0.3) is 0 Å². The van der Waals surface area contributed by atoms with Crippen LogP contribution in [0.2, 0.25) is 19.6 Å². The summed E-state index contributed by atoms with van der Waals surface area (Å²) in [5.41, 5.74) is 0.931. The topological polar surface area (TPSA) is 80.1 Å². The van der Waals surface area contributed by atoms with Crippen LogP contribution >= 0.6 is 11.8 Å². The molecule has 0 aromatic heterocycles. The number of esters is 1. The summed E-state index contributed by atoms with van der Waals surface area (Å²) in [5, 5.41) is 12.2. The number of carbonyl (C=O) groups is 2. The molecule has 24 heavy (non-hydrogen) atoms. The van der Waals surface area contributed by atoms with Crippen molar-refractivity contribution in [1.29, 1.82) is 0 Å². The van der Waals surface area contributed by atoms with Gasteiger partial charge in [-0.2, -0.15) is 5.10 Å². The largest absolute Gasteiger partial charge is 0.466 e. The average Bonchev–Trinajstić information content (AvgIpc) is 2.86. The van der Waals surface area contributed by atoms with Crippen LogP contribution in [0.4, 0.5) is 0 Å². The Bertz CT molecular complexity index is 734. The number of hydrogen-bond acceptors (Lipinski definition) is 6. The SMILES string of the molecule is COC(=O)/C=C1/S/C(=N\N=Cc2ccc([Si](C)(C)C)cc2)NC1=O. The Balaban J connectivity index is 2.03. The number of amides is 1. The highest BCUT2D eigenvalue weighted by Crippen LogP contribution is 2.23. The lowest BCUT2D eigenvalue weighted by Crippen LogP contribution is -2.37. The van der Waals surface area contributed by atoms with Crippen LogP contribution in [-0.4, -0.2) is 38.4 Å². The number of methoxy groups -OCH3 is 1. The minimum absolute atomic E-state index is 0.232. The standard InChI is InChI=1S/C16H19N3O3SSi/c1-22-14(20)9-13-15(21)18-16(23-13)19-17-10-11-5-7-12(8-6-11)24(2,3)4/h5-10H,1-4H3,(H,18,19,21)/b13-9+,17-10?. The van der Waals surface area contributed by atoms with Gasteiger partial charge in [-0.1, -0.05) is 49.1 Å². The van der Waals surface area contributed by atoms with Gasteiger partial charge in [-0.05, 0) is 17.3 Å². The Morgan fingerprint density at radius 1 is 1.25 bits per heavy atom. The maximum absolute atomic E-state index is 11.7. The fourth-order valence-electron chi connectivity index (χ4n) is 1.86. The van der Waals surface area contributed by atoms with Gasteiger partial charge in [0.25, 0.3) is 5.91 Å². The summed E-state index contributed by atoms with van der Waals surface area (Å²) in [6.07, 6.45) is 2.75. The number of nitrogens with zero attached hydrogens (tertiary/aromatic N) is 2. The second-order valence-corrected chi connectivity index (χ2v) is 12.2. The molecule has 1 aliphatic rings. The van der Waals surface area contributed by atoms with Crippen LogP contribution in [0.5, 0.6) is 0 Å². The third-order valence-electron chi connectivity index (χ3n) is 3.23. The van der Waals surface area contributed by atoms with Gasteiger partial charge in [0.15, 0.2) is 5.17 Å². The fraction of sp³-hybridized carbons (Fsp3) is 0.250. The van der Waals surface area contributed by atoms with Gasteiger partial charge in [-0.3, -0.25) is 10.1 Å². The summed E-state index contributed by atoms with van der Waals surface area (Å²) in [6.45, 7) is 6.88. The highest BCUT2D eigenvalue weighted by molar-refractivity contribution is 8.18. The van der Waals surface area contributed by atoms with Crippen molar-refractivity contribution in [1.82, 2.24) is 5.32 Å². The van der Waals surface area contributed by atoms with E-state index >= 15 is 0 Å². The van der Waals surface area contributed by atoms with Crippen molar-refractivity contribution in [2.75, 3.05) is 7.11 Å². The summed E-state index contributed by atoms with van der Waals surface area (Å²) >= 11 is 1.04. The summed E-state index contributed by atoms with van der Waals surface area (Å²) in [6, 6.07) is 8.23. The van der Waals surface area contributed by atoms with E-state index < -0.39 is 14.0 Å². The molecule has 1 amide bonds. The molecule has 1 fully saturated rings. The molecule has 1 aromatic carbocycles. The minimum atomic E-state index is -1.31. The van der Waals surface area contributed by atoms with Gasteiger partial charge in [-0.25, -0.2) is 4.79 Å². The van der Waals surface area contributed by atoms with Gasteiger partial charge in [-0.15, -0.1) is 5.10 Å². The number of benzene rings is 1. The Morgan fingerprint density at radius 2 is 1.92 bits per heavy atom. The van der Waals surface area contributed by atoms with E-state index in [0.717, 1.165) is 23.4 Å². The molecule has 0 saturated carbocycles. The summed E-state index contributed by atoms with van der Waals surface area (Å²) in [7, 11) is -0.0541. The smallest absolute Gasteiger partial charge is 0.331 e. The Kier molecular flexibility index (Phi) is 5.74. The number of ether oxygens (including phenoxy) is 1. The molecular weight excluding hydrogens is 342 g/mol. The van der Waals surface area contributed by atoms with Crippen LogP contribution in [0.1, 0.15) is 5.56 Å². The van der Waals surface area contributed by atoms with Crippen LogP contribution in [0, 0.1) is 0 Å². The van der Waals surface area contributed by atoms with Crippen molar-refractivity contribution in [3.8, 4) is 0 Å². The summed E-state index contributed by atoms with van der Waals surface area (Å²) < 4.78 is 4.49. The predicted molar refractivity (Wildman–Crippen MR) is 100 cm³/mol. The molecule has 1 saturated heterocycles. The molecule has 2 rings (SSSR count). The third-order valence-corrected chi connectivity index (χ3v) is 6.20. The molecule has 0 spiro atoms. The third kappa shape index (κ3) is 4.90. The van der Waals surface area contributed by atoms with Crippen molar-refractivity contribution >= 4 is 48.3 Å². The molecule has 0 atom stereocenters. The average molecular weight is 361 g/mol. The number of thioether (sulfide) groups is 1.